The number of hydrogen-bond donors (Lipinski definition) is 1. The molecule has 2 unspecified atom stereocenters. The van der Waals surface area contributed by atoms with E-state index in [0.717, 1.165) is 19.0 Å². The largest absolute Gasteiger partial charge is 0.311 e. The quantitative estimate of drug-likeness (QED) is 0.905. The van der Waals surface area contributed by atoms with Crippen LogP contribution in [0.25, 0.3) is 0 Å². The van der Waals surface area contributed by atoms with Crippen LogP contribution >= 0.6 is 27.3 Å². The highest BCUT2D eigenvalue weighted by Gasteiger charge is 2.25. The van der Waals surface area contributed by atoms with Crippen molar-refractivity contribution in [3.05, 3.63) is 20.8 Å². The number of nitrogens with one attached hydrogen (secondary N) is 1. The summed E-state index contributed by atoms with van der Waals surface area (Å²) in [5, 5.41) is 5.84. The molecule has 0 saturated carbocycles. The van der Waals surface area contributed by atoms with Crippen molar-refractivity contribution >= 4 is 27.3 Å². The minimum atomic E-state index is 0.627. The molecular formula is C14H23BrN2S. The lowest BCUT2D eigenvalue weighted by molar-refractivity contribution is 0.125. The zero-order valence-electron chi connectivity index (χ0n) is 11.4. The van der Waals surface area contributed by atoms with E-state index in [1.807, 2.05) is 11.3 Å². The van der Waals surface area contributed by atoms with Gasteiger partial charge in [0, 0.05) is 41.1 Å². The highest BCUT2D eigenvalue weighted by Crippen LogP contribution is 2.26. The Morgan fingerprint density at radius 2 is 2.33 bits per heavy atom. The summed E-state index contributed by atoms with van der Waals surface area (Å²) in [4.78, 5) is 4.06. The van der Waals surface area contributed by atoms with E-state index in [0.29, 0.717) is 12.1 Å². The smallest absolute Gasteiger partial charge is 0.0343 e. The van der Waals surface area contributed by atoms with E-state index in [-0.39, 0.29) is 0 Å². The van der Waals surface area contributed by atoms with Crippen LogP contribution in [0.1, 0.15) is 32.1 Å². The lowest BCUT2D eigenvalue weighted by Crippen LogP contribution is -2.55. The lowest BCUT2D eigenvalue weighted by Gasteiger charge is -2.39. The maximum absolute atomic E-state index is 3.67. The molecule has 2 atom stereocenters. The Morgan fingerprint density at radius 1 is 1.56 bits per heavy atom. The maximum atomic E-state index is 3.67. The normalized spacial score (nSPS) is 25.8. The number of halogens is 1. The van der Waals surface area contributed by atoms with Crippen molar-refractivity contribution in [1.82, 2.24) is 10.2 Å². The Kier molecular flexibility index (Phi) is 5.24. The molecule has 4 heteroatoms. The summed E-state index contributed by atoms with van der Waals surface area (Å²) in [6.07, 6.45) is 1.27. The number of rotatable bonds is 4. The van der Waals surface area contributed by atoms with Gasteiger partial charge in [-0.1, -0.05) is 13.8 Å². The third-order valence-corrected chi connectivity index (χ3v) is 5.48. The molecule has 102 valence electrons. The van der Waals surface area contributed by atoms with Gasteiger partial charge in [-0.2, -0.15) is 0 Å². The van der Waals surface area contributed by atoms with Gasteiger partial charge in [-0.3, -0.25) is 4.90 Å². The fraction of sp³-hybridized carbons (Fsp3) is 0.714. The van der Waals surface area contributed by atoms with Gasteiger partial charge in [0.25, 0.3) is 0 Å². The fourth-order valence-electron chi connectivity index (χ4n) is 2.56. The molecule has 1 aromatic heterocycles. The van der Waals surface area contributed by atoms with E-state index >= 15 is 0 Å². The monoisotopic (exact) mass is 330 g/mol. The van der Waals surface area contributed by atoms with Gasteiger partial charge in [0.1, 0.15) is 0 Å². The second-order valence-electron chi connectivity index (χ2n) is 5.70. The molecule has 1 saturated heterocycles. The molecule has 1 aromatic rings. The van der Waals surface area contributed by atoms with Crippen molar-refractivity contribution in [1.29, 1.82) is 0 Å². The van der Waals surface area contributed by atoms with Gasteiger partial charge in [-0.25, -0.2) is 0 Å². The summed E-state index contributed by atoms with van der Waals surface area (Å²) >= 11 is 5.49. The number of piperazine rings is 1. The van der Waals surface area contributed by atoms with Crippen LogP contribution in [0.5, 0.6) is 0 Å². The Morgan fingerprint density at radius 3 is 2.94 bits per heavy atom. The summed E-state index contributed by atoms with van der Waals surface area (Å²) in [5.74, 6) is 0.770. The highest BCUT2D eigenvalue weighted by atomic mass is 79.9. The first-order valence-corrected chi connectivity index (χ1v) is 8.42. The molecule has 18 heavy (non-hydrogen) atoms. The molecule has 0 amide bonds. The highest BCUT2D eigenvalue weighted by molar-refractivity contribution is 9.10. The molecule has 0 aliphatic carbocycles. The molecule has 2 heterocycles. The molecule has 0 aromatic carbocycles. The summed E-state index contributed by atoms with van der Waals surface area (Å²) in [5.41, 5.74) is 0. The van der Waals surface area contributed by atoms with Gasteiger partial charge in [-0.15, -0.1) is 11.3 Å². The molecule has 0 radical (unpaired) electrons. The Hall–Kier alpha value is 0.1000. The van der Waals surface area contributed by atoms with Crippen LogP contribution in [-0.4, -0.2) is 30.1 Å². The number of hydrogen-bond acceptors (Lipinski definition) is 3. The van der Waals surface area contributed by atoms with Gasteiger partial charge in [0.15, 0.2) is 0 Å². The van der Waals surface area contributed by atoms with Gasteiger partial charge in [0.2, 0.25) is 0 Å². The molecule has 1 aliphatic rings. The van der Waals surface area contributed by atoms with Gasteiger partial charge in [0.05, 0.1) is 0 Å². The maximum Gasteiger partial charge on any atom is 0.0343 e. The first kappa shape index (κ1) is 14.5. The second kappa shape index (κ2) is 6.51. The SMILES string of the molecule is CC(C)CC1CN(Cc2sccc2Br)C(C)CN1. The van der Waals surface area contributed by atoms with Crippen molar-refractivity contribution in [2.45, 2.75) is 45.8 Å². The third kappa shape index (κ3) is 3.80. The molecule has 1 N–H and O–H groups in total. The van der Waals surface area contributed by atoms with Crippen molar-refractivity contribution in [2.24, 2.45) is 5.92 Å². The molecular weight excluding hydrogens is 308 g/mol. The topological polar surface area (TPSA) is 15.3 Å². The van der Waals surface area contributed by atoms with Crippen molar-refractivity contribution in [3.8, 4) is 0 Å². The van der Waals surface area contributed by atoms with Crippen molar-refractivity contribution in [2.75, 3.05) is 13.1 Å². The molecule has 2 nitrogen and oxygen atoms in total. The van der Waals surface area contributed by atoms with Crippen LogP contribution in [0.2, 0.25) is 0 Å². The minimum Gasteiger partial charge on any atom is -0.311 e. The first-order chi connectivity index (χ1) is 8.56. The third-order valence-electron chi connectivity index (χ3n) is 3.57. The van der Waals surface area contributed by atoms with Gasteiger partial charge < -0.3 is 5.32 Å². The second-order valence-corrected chi connectivity index (χ2v) is 7.56. The van der Waals surface area contributed by atoms with Crippen LogP contribution in [0.3, 0.4) is 0 Å². The van der Waals surface area contributed by atoms with Crippen LogP contribution in [0, 0.1) is 5.92 Å². The molecule has 0 spiro atoms. The molecule has 1 fully saturated rings. The van der Waals surface area contributed by atoms with Crippen LogP contribution < -0.4 is 5.32 Å². The van der Waals surface area contributed by atoms with E-state index < -0.39 is 0 Å². The molecule has 0 bridgehead atoms. The van der Waals surface area contributed by atoms with E-state index in [1.54, 1.807) is 0 Å². The first-order valence-electron chi connectivity index (χ1n) is 6.75. The fourth-order valence-corrected chi connectivity index (χ4v) is 4.07. The Balaban J connectivity index is 1.95. The lowest BCUT2D eigenvalue weighted by atomic mass is 10.00. The van der Waals surface area contributed by atoms with Crippen LogP contribution in [0.15, 0.2) is 15.9 Å². The predicted molar refractivity (Wildman–Crippen MR) is 83.1 cm³/mol. The van der Waals surface area contributed by atoms with Crippen molar-refractivity contribution < 1.29 is 0 Å². The minimum absolute atomic E-state index is 0.627. The van der Waals surface area contributed by atoms with E-state index in [9.17, 15) is 0 Å². The van der Waals surface area contributed by atoms with Crippen LogP contribution in [-0.2, 0) is 6.54 Å². The van der Waals surface area contributed by atoms with E-state index in [1.165, 1.54) is 22.3 Å². The average Bonchev–Trinajstić information content (AvgIpc) is 2.69. The van der Waals surface area contributed by atoms with Crippen LogP contribution in [0.4, 0.5) is 0 Å². The zero-order chi connectivity index (χ0) is 13.1. The molecule has 1 aliphatic heterocycles. The van der Waals surface area contributed by atoms with E-state index in [4.69, 9.17) is 0 Å². The number of thiophene rings is 1. The summed E-state index contributed by atoms with van der Waals surface area (Å²) in [6.45, 7) is 10.3. The zero-order valence-corrected chi connectivity index (χ0v) is 13.9. The van der Waals surface area contributed by atoms with Gasteiger partial charge >= 0.3 is 0 Å². The molecule has 2 rings (SSSR count). The Bertz CT molecular complexity index is 378. The van der Waals surface area contributed by atoms with Crippen molar-refractivity contribution in [3.63, 3.8) is 0 Å². The average molecular weight is 331 g/mol. The summed E-state index contributed by atoms with van der Waals surface area (Å²) in [6, 6.07) is 3.43. The predicted octanol–water partition coefficient (Wildman–Crippen LogP) is 3.72. The van der Waals surface area contributed by atoms with E-state index in [2.05, 4.69) is 58.4 Å². The Labute approximate surface area is 123 Å². The standard InChI is InChI=1S/C14H23BrN2S/c1-10(2)6-12-8-17(11(3)7-16-12)9-14-13(15)4-5-18-14/h4-5,10-12,16H,6-9H2,1-3H3. The van der Waals surface area contributed by atoms with Gasteiger partial charge in [-0.05, 0) is 46.6 Å². The summed E-state index contributed by atoms with van der Waals surface area (Å²) < 4.78 is 1.26. The summed E-state index contributed by atoms with van der Waals surface area (Å²) in [7, 11) is 0. The number of nitrogens with zero attached hydrogens (tertiary/aromatic N) is 1.